The normalized spacial score (nSPS) is 16.9. The summed E-state index contributed by atoms with van der Waals surface area (Å²) >= 11 is 0. The van der Waals surface area contributed by atoms with E-state index in [1.54, 1.807) is 13.8 Å². The van der Waals surface area contributed by atoms with Gasteiger partial charge in [0.25, 0.3) is 5.91 Å². The van der Waals surface area contributed by atoms with E-state index in [0.717, 1.165) is 19.3 Å². The first-order chi connectivity index (χ1) is 10.6. The zero-order valence-corrected chi connectivity index (χ0v) is 12.8. The lowest BCUT2D eigenvalue weighted by Crippen LogP contribution is -2.32. The van der Waals surface area contributed by atoms with Gasteiger partial charge >= 0.3 is 5.63 Å². The largest absolute Gasteiger partial charge is 0.427 e. The molecule has 3 rings (SSSR count). The minimum atomic E-state index is -0.422. The predicted octanol–water partition coefficient (Wildman–Crippen LogP) is 3.06. The molecule has 1 atom stereocenters. The van der Waals surface area contributed by atoms with Gasteiger partial charge in [0.15, 0.2) is 0 Å². The Morgan fingerprint density at radius 3 is 2.82 bits per heavy atom. The molecule has 1 aliphatic rings. The summed E-state index contributed by atoms with van der Waals surface area (Å²) in [5.74, 6) is 0.187. The van der Waals surface area contributed by atoms with Crippen molar-refractivity contribution in [2.45, 2.75) is 39.2 Å². The summed E-state index contributed by atoms with van der Waals surface area (Å²) in [6.07, 6.45) is 3.04. The minimum Gasteiger partial charge on any atom is -0.427 e. The van der Waals surface area contributed by atoms with E-state index < -0.39 is 5.63 Å². The van der Waals surface area contributed by atoms with Crippen LogP contribution in [-0.4, -0.2) is 5.91 Å². The van der Waals surface area contributed by atoms with Gasteiger partial charge in [-0.25, -0.2) is 4.79 Å². The zero-order chi connectivity index (χ0) is 15.7. The van der Waals surface area contributed by atoms with E-state index in [9.17, 15) is 9.59 Å². The fourth-order valence-electron chi connectivity index (χ4n) is 3.23. The lowest BCUT2D eigenvalue weighted by molar-refractivity contribution is 0.0928. The van der Waals surface area contributed by atoms with Crippen LogP contribution in [-0.2, 0) is 6.42 Å². The fourth-order valence-corrected chi connectivity index (χ4v) is 3.23. The monoisotopic (exact) mass is 297 g/mol. The number of hydrogen-bond acceptors (Lipinski definition) is 3. The Kier molecular flexibility index (Phi) is 3.84. The van der Waals surface area contributed by atoms with Crippen molar-refractivity contribution in [3.63, 3.8) is 0 Å². The maximum Gasteiger partial charge on any atom is 0.336 e. The van der Waals surface area contributed by atoms with Crippen molar-refractivity contribution in [1.82, 2.24) is 5.32 Å². The number of carbonyl (C=O) groups is 1. The van der Waals surface area contributed by atoms with Crippen LogP contribution in [0.3, 0.4) is 0 Å². The highest BCUT2D eigenvalue weighted by Crippen LogP contribution is 2.29. The molecule has 1 aliphatic carbocycles. The highest BCUT2D eigenvalue weighted by atomic mass is 16.4. The number of carbonyl (C=O) groups excluding carboxylic acids is 1. The predicted molar refractivity (Wildman–Crippen MR) is 84.0 cm³/mol. The molecule has 0 spiro atoms. The second-order valence-corrected chi connectivity index (χ2v) is 5.80. The van der Waals surface area contributed by atoms with Crippen molar-refractivity contribution in [2.24, 2.45) is 0 Å². The highest BCUT2D eigenvalue weighted by Gasteiger charge is 2.23. The van der Waals surface area contributed by atoms with Gasteiger partial charge in [0.1, 0.15) is 5.76 Å². The van der Waals surface area contributed by atoms with Gasteiger partial charge in [-0.2, -0.15) is 0 Å². The number of amides is 1. The smallest absolute Gasteiger partial charge is 0.336 e. The third kappa shape index (κ3) is 2.69. The van der Waals surface area contributed by atoms with Crippen molar-refractivity contribution in [1.29, 1.82) is 0 Å². The quantitative estimate of drug-likeness (QED) is 0.926. The van der Waals surface area contributed by atoms with E-state index in [4.69, 9.17) is 4.42 Å². The summed E-state index contributed by atoms with van der Waals surface area (Å²) in [5, 5.41) is 3.09. The molecule has 114 valence electrons. The van der Waals surface area contributed by atoms with E-state index in [1.807, 2.05) is 12.1 Å². The van der Waals surface area contributed by atoms with Crippen LogP contribution in [0.1, 0.15) is 51.7 Å². The van der Waals surface area contributed by atoms with Crippen molar-refractivity contribution in [3.05, 3.63) is 68.8 Å². The summed E-state index contributed by atoms with van der Waals surface area (Å²) in [5.41, 5.74) is 3.18. The van der Waals surface area contributed by atoms with E-state index in [2.05, 4.69) is 17.4 Å². The van der Waals surface area contributed by atoms with Crippen LogP contribution < -0.4 is 10.9 Å². The van der Waals surface area contributed by atoms with Crippen LogP contribution in [0.4, 0.5) is 0 Å². The van der Waals surface area contributed by atoms with E-state index in [1.165, 1.54) is 17.2 Å². The summed E-state index contributed by atoms with van der Waals surface area (Å²) in [6, 6.07) is 9.60. The zero-order valence-electron chi connectivity index (χ0n) is 12.8. The molecule has 4 nitrogen and oxygen atoms in total. The van der Waals surface area contributed by atoms with Crippen molar-refractivity contribution >= 4 is 5.91 Å². The molecule has 0 saturated heterocycles. The number of aryl methyl sites for hydroxylation is 3. The Bertz CT molecular complexity index is 750. The van der Waals surface area contributed by atoms with Gasteiger partial charge in [-0.05, 0) is 49.8 Å². The second kappa shape index (κ2) is 5.79. The molecule has 0 bridgehead atoms. The van der Waals surface area contributed by atoms with Crippen LogP contribution in [0.2, 0.25) is 0 Å². The van der Waals surface area contributed by atoms with Crippen LogP contribution in [0.25, 0.3) is 0 Å². The number of fused-ring (bicyclic) bond motifs is 1. The molecule has 1 heterocycles. The molecule has 0 radical (unpaired) electrons. The molecular weight excluding hydrogens is 278 g/mol. The SMILES string of the molecule is Cc1cc(=O)oc(C)c1C(=O)NC1CCCc2ccccc21. The van der Waals surface area contributed by atoms with Gasteiger partial charge in [0, 0.05) is 6.07 Å². The molecule has 4 heteroatoms. The number of hydrogen-bond donors (Lipinski definition) is 1. The summed E-state index contributed by atoms with van der Waals surface area (Å²) in [4.78, 5) is 23.9. The van der Waals surface area contributed by atoms with Crippen LogP contribution in [0.15, 0.2) is 39.5 Å². The minimum absolute atomic E-state index is 0.0168. The first-order valence-electron chi connectivity index (χ1n) is 7.56. The third-order valence-corrected chi connectivity index (χ3v) is 4.24. The Balaban J connectivity index is 1.89. The number of benzene rings is 1. The van der Waals surface area contributed by atoms with E-state index in [-0.39, 0.29) is 11.9 Å². The molecule has 1 unspecified atom stereocenters. The topological polar surface area (TPSA) is 59.3 Å². The van der Waals surface area contributed by atoms with Crippen molar-refractivity contribution < 1.29 is 9.21 Å². The first kappa shape index (κ1) is 14.6. The molecule has 0 fully saturated rings. The maximum absolute atomic E-state index is 12.6. The standard InChI is InChI=1S/C18H19NO3/c1-11-10-16(20)22-12(2)17(11)18(21)19-15-9-5-7-13-6-3-4-8-14(13)15/h3-4,6,8,10,15H,5,7,9H2,1-2H3,(H,19,21). The fraction of sp³-hybridized carbons (Fsp3) is 0.333. The van der Waals surface area contributed by atoms with E-state index >= 15 is 0 Å². The van der Waals surface area contributed by atoms with Gasteiger partial charge in [-0.3, -0.25) is 4.79 Å². The average molecular weight is 297 g/mol. The van der Waals surface area contributed by atoms with E-state index in [0.29, 0.717) is 16.9 Å². The lowest BCUT2D eigenvalue weighted by atomic mass is 9.87. The molecule has 0 aliphatic heterocycles. The molecule has 2 aromatic rings. The molecule has 1 N–H and O–H groups in total. The summed E-state index contributed by atoms with van der Waals surface area (Å²) < 4.78 is 5.05. The van der Waals surface area contributed by atoms with Crippen LogP contribution in [0, 0.1) is 13.8 Å². The highest BCUT2D eigenvalue weighted by molar-refractivity contribution is 5.96. The van der Waals surface area contributed by atoms with Crippen molar-refractivity contribution in [2.75, 3.05) is 0 Å². The van der Waals surface area contributed by atoms with Crippen LogP contribution >= 0.6 is 0 Å². The second-order valence-electron chi connectivity index (χ2n) is 5.80. The number of nitrogens with one attached hydrogen (secondary N) is 1. The first-order valence-corrected chi connectivity index (χ1v) is 7.56. The lowest BCUT2D eigenvalue weighted by Gasteiger charge is -2.26. The molecular formula is C18H19NO3. The number of rotatable bonds is 2. The molecule has 0 saturated carbocycles. The Labute approximate surface area is 129 Å². The van der Waals surface area contributed by atoms with Gasteiger partial charge in [-0.15, -0.1) is 0 Å². The van der Waals surface area contributed by atoms with Crippen LogP contribution in [0.5, 0.6) is 0 Å². The maximum atomic E-state index is 12.6. The molecule has 1 aromatic heterocycles. The Morgan fingerprint density at radius 1 is 1.27 bits per heavy atom. The summed E-state index contributed by atoms with van der Waals surface area (Å²) in [7, 11) is 0. The molecule has 1 amide bonds. The van der Waals surface area contributed by atoms with Gasteiger partial charge in [0.2, 0.25) is 0 Å². The Morgan fingerprint density at radius 2 is 2.05 bits per heavy atom. The Hall–Kier alpha value is -2.36. The van der Waals surface area contributed by atoms with Crippen molar-refractivity contribution in [3.8, 4) is 0 Å². The molecule has 22 heavy (non-hydrogen) atoms. The van der Waals surface area contributed by atoms with Gasteiger partial charge in [0.05, 0.1) is 11.6 Å². The molecule has 1 aromatic carbocycles. The summed E-state index contributed by atoms with van der Waals surface area (Å²) in [6.45, 7) is 3.41. The van der Waals surface area contributed by atoms with Gasteiger partial charge < -0.3 is 9.73 Å². The van der Waals surface area contributed by atoms with Gasteiger partial charge in [-0.1, -0.05) is 24.3 Å². The third-order valence-electron chi connectivity index (χ3n) is 4.24. The average Bonchev–Trinajstić information content (AvgIpc) is 2.46.